The van der Waals surface area contributed by atoms with Crippen LogP contribution in [0, 0.1) is 11.8 Å². The fraction of sp³-hybridized carbons (Fsp3) is 0.909. The highest BCUT2D eigenvalue weighted by atomic mass is 32.1. The van der Waals surface area contributed by atoms with Crippen molar-refractivity contribution in [3.05, 3.63) is 0 Å². The average molecular weight is 212 g/mol. The molecule has 0 aromatic rings. The van der Waals surface area contributed by atoms with Crippen molar-refractivity contribution in [3.8, 4) is 0 Å². The quantitative estimate of drug-likeness (QED) is 0.723. The smallest absolute Gasteiger partial charge is 0.0768 e. The maximum absolute atomic E-state index is 5.66. The Morgan fingerprint density at radius 2 is 2.07 bits per heavy atom. The van der Waals surface area contributed by atoms with Crippen LogP contribution in [0.15, 0.2) is 0 Å². The Hall–Kier alpha value is -0.150. The molecule has 2 nitrogen and oxygen atoms in total. The summed E-state index contributed by atoms with van der Waals surface area (Å²) >= 11 is 5.02. The van der Waals surface area contributed by atoms with Gasteiger partial charge in [0, 0.05) is 25.0 Å². The van der Waals surface area contributed by atoms with Crippen LogP contribution in [0.25, 0.3) is 0 Å². The van der Waals surface area contributed by atoms with Crippen molar-refractivity contribution < 1.29 is 0 Å². The van der Waals surface area contributed by atoms with Crippen LogP contribution in [-0.4, -0.2) is 29.0 Å². The normalized spacial score (nSPS) is 34.4. The number of thiocarbonyl (C=S) groups is 1. The van der Waals surface area contributed by atoms with E-state index in [0.29, 0.717) is 10.9 Å². The van der Waals surface area contributed by atoms with Crippen LogP contribution < -0.4 is 5.73 Å². The van der Waals surface area contributed by atoms with E-state index in [0.717, 1.165) is 18.5 Å². The van der Waals surface area contributed by atoms with Crippen LogP contribution in [0.1, 0.15) is 32.6 Å². The lowest BCUT2D eigenvalue weighted by Crippen LogP contribution is -2.50. The van der Waals surface area contributed by atoms with Crippen LogP contribution in [0.3, 0.4) is 0 Å². The number of nitrogens with two attached hydrogens (primary N) is 1. The number of fused-ring (bicyclic) bond motifs is 3. The molecule has 0 aromatic heterocycles. The zero-order valence-corrected chi connectivity index (χ0v) is 9.72. The van der Waals surface area contributed by atoms with Gasteiger partial charge in [-0.2, -0.15) is 0 Å². The van der Waals surface area contributed by atoms with Gasteiger partial charge in [0.2, 0.25) is 0 Å². The van der Waals surface area contributed by atoms with Gasteiger partial charge >= 0.3 is 0 Å². The van der Waals surface area contributed by atoms with Gasteiger partial charge in [-0.25, -0.2) is 0 Å². The van der Waals surface area contributed by atoms with E-state index in [1.165, 1.54) is 32.2 Å². The van der Waals surface area contributed by atoms with E-state index in [4.69, 9.17) is 18.0 Å². The molecule has 80 valence electrons. The summed E-state index contributed by atoms with van der Waals surface area (Å²) in [5.74, 6) is 1.34. The maximum Gasteiger partial charge on any atom is 0.0768 e. The topological polar surface area (TPSA) is 29.3 Å². The van der Waals surface area contributed by atoms with Crippen LogP contribution in [0.5, 0.6) is 0 Å². The van der Waals surface area contributed by atoms with Gasteiger partial charge in [0.1, 0.15) is 0 Å². The molecule has 0 spiro atoms. The Balaban J connectivity index is 1.89. The zero-order valence-electron chi connectivity index (χ0n) is 8.91. The van der Waals surface area contributed by atoms with Crippen LogP contribution in [0.4, 0.5) is 0 Å². The Labute approximate surface area is 91.8 Å². The van der Waals surface area contributed by atoms with Gasteiger partial charge in [-0.3, -0.25) is 4.90 Å². The molecule has 3 fully saturated rings. The molecule has 3 rings (SSSR count). The first-order valence-corrected chi connectivity index (χ1v) is 6.11. The lowest BCUT2D eigenvalue weighted by atomic mass is 9.79. The number of rotatable bonds is 3. The standard InChI is InChI=1S/C11H20N2S/c1-8(11(12)14)6-13-7-9-2-4-10(13)5-3-9/h8-10H,2-7H2,1H3,(H2,12,14). The van der Waals surface area contributed by atoms with E-state index in [-0.39, 0.29) is 0 Å². The van der Waals surface area contributed by atoms with Crippen molar-refractivity contribution in [2.45, 2.75) is 38.6 Å². The third-order valence-corrected chi connectivity index (χ3v) is 4.22. The maximum atomic E-state index is 5.66. The third kappa shape index (κ3) is 2.09. The second kappa shape index (κ2) is 4.15. The molecule has 0 aromatic carbocycles. The van der Waals surface area contributed by atoms with Crippen molar-refractivity contribution in [3.63, 3.8) is 0 Å². The molecule has 2 N–H and O–H groups in total. The zero-order chi connectivity index (χ0) is 10.1. The minimum atomic E-state index is 0.379. The van der Waals surface area contributed by atoms with E-state index < -0.39 is 0 Å². The fourth-order valence-corrected chi connectivity index (χ4v) is 2.91. The molecule has 3 heteroatoms. The van der Waals surface area contributed by atoms with Crippen molar-refractivity contribution in [1.82, 2.24) is 4.90 Å². The van der Waals surface area contributed by atoms with Crippen LogP contribution >= 0.6 is 12.2 Å². The molecule has 2 heterocycles. The second-order valence-electron chi connectivity index (χ2n) is 4.93. The summed E-state index contributed by atoms with van der Waals surface area (Å²) in [5, 5.41) is 0. The summed E-state index contributed by atoms with van der Waals surface area (Å²) in [6.07, 6.45) is 5.69. The largest absolute Gasteiger partial charge is 0.393 e. The number of hydrogen-bond donors (Lipinski definition) is 1. The lowest BCUT2D eigenvalue weighted by molar-refractivity contribution is 0.0443. The van der Waals surface area contributed by atoms with Gasteiger partial charge in [-0.15, -0.1) is 0 Å². The van der Waals surface area contributed by atoms with Gasteiger partial charge in [0.15, 0.2) is 0 Å². The monoisotopic (exact) mass is 212 g/mol. The average Bonchev–Trinajstić information content (AvgIpc) is 2.19. The molecule has 1 atom stereocenters. The van der Waals surface area contributed by atoms with Crippen LogP contribution in [0.2, 0.25) is 0 Å². The van der Waals surface area contributed by atoms with Gasteiger partial charge in [-0.05, 0) is 31.6 Å². The molecule has 1 saturated carbocycles. The van der Waals surface area contributed by atoms with Gasteiger partial charge in [0.05, 0.1) is 4.99 Å². The minimum absolute atomic E-state index is 0.379. The van der Waals surface area contributed by atoms with Crippen LogP contribution in [-0.2, 0) is 0 Å². The molecule has 1 aliphatic carbocycles. The summed E-state index contributed by atoms with van der Waals surface area (Å²) in [6, 6.07) is 0.830. The molecule has 3 aliphatic rings. The third-order valence-electron chi connectivity index (χ3n) is 3.82. The minimum Gasteiger partial charge on any atom is -0.393 e. The molecular weight excluding hydrogens is 192 g/mol. The Bertz CT molecular complexity index is 221. The summed E-state index contributed by atoms with van der Waals surface area (Å²) in [6.45, 7) is 4.51. The van der Waals surface area contributed by atoms with Gasteiger partial charge in [0.25, 0.3) is 0 Å². The summed E-state index contributed by atoms with van der Waals surface area (Å²) in [4.78, 5) is 3.29. The molecule has 2 aliphatic heterocycles. The highest BCUT2D eigenvalue weighted by Crippen LogP contribution is 2.34. The van der Waals surface area contributed by atoms with Crippen molar-refractivity contribution in [1.29, 1.82) is 0 Å². The van der Waals surface area contributed by atoms with Crippen molar-refractivity contribution in [2.75, 3.05) is 13.1 Å². The van der Waals surface area contributed by atoms with E-state index in [9.17, 15) is 0 Å². The van der Waals surface area contributed by atoms with E-state index in [1.807, 2.05) is 0 Å². The predicted octanol–water partition coefficient (Wildman–Crippen LogP) is 1.78. The van der Waals surface area contributed by atoms with E-state index >= 15 is 0 Å². The lowest BCUT2D eigenvalue weighted by Gasteiger charge is -2.46. The summed E-state index contributed by atoms with van der Waals surface area (Å²) in [5.41, 5.74) is 5.66. The SMILES string of the molecule is CC(CN1CC2CCC1CC2)C(N)=S. The molecule has 2 bridgehead atoms. The van der Waals surface area contributed by atoms with E-state index in [1.54, 1.807) is 0 Å². The fourth-order valence-electron chi connectivity index (χ4n) is 2.84. The van der Waals surface area contributed by atoms with Gasteiger partial charge < -0.3 is 5.73 Å². The Morgan fingerprint density at radius 3 is 2.50 bits per heavy atom. The summed E-state index contributed by atoms with van der Waals surface area (Å²) in [7, 11) is 0. The molecular formula is C11H20N2S. The van der Waals surface area contributed by atoms with Crippen molar-refractivity contribution >= 4 is 17.2 Å². The van der Waals surface area contributed by atoms with E-state index in [2.05, 4.69) is 11.8 Å². The molecule has 14 heavy (non-hydrogen) atoms. The number of hydrogen-bond acceptors (Lipinski definition) is 2. The summed E-state index contributed by atoms with van der Waals surface area (Å²) < 4.78 is 0. The Morgan fingerprint density at radius 1 is 1.43 bits per heavy atom. The highest BCUT2D eigenvalue weighted by molar-refractivity contribution is 7.80. The molecule has 2 saturated heterocycles. The van der Waals surface area contributed by atoms with Gasteiger partial charge in [-0.1, -0.05) is 19.1 Å². The number of nitrogens with zero attached hydrogens (tertiary/aromatic N) is 1. The first-order valence-electron chi connectivity index (χ1n) is 5.70. The molecule has 0 amide bonds. The Kier molecular flexibility index (Phi) is 3.07. The molecule has 1 unspecified atom stereocenters. The second-order valence-corrected chi connectivity index (χ2v) is 5.40. The molecule has 0 radical (unpaired) electrons. The number of piperidine rings is 2. The highest BCUT2D eigenvalue weighted by Gasteiger charge is 2.34. The predicted molar refractivity (Wildman–Crippen MR) is 63.3 cm³/mol. The first-order chi connectivity index (χ1) is 6.66. The first kappa shape index (κ1) is 10.4. The van der Waals surface area contributed by atoms with Crippen molar-refractivity contribution in [2.24, 2.45) is 17.6 Å².